The maximum absolute atomic E-state index is 12.6. The molecule has 0 saturated carbocycles. The fourth-order valence-electron chi connectivity index (χ4n) is 2.07. The summed E-state index contributed by atoms with van der Waals surface area (Å²) in [5.74, 6) is 0.323. The molecule has 0 fully saturated rings. The van der Waals surface area contributed by atoms with Crippen molar-refractivity contribution in [3.05, 3.63) is 59.2 Å². The molecule has 0 aliphatic heterocycles. The third-order valence-electron chi connectivity index (χ3n) is 3.18. The van der Waals surface area contributed by atoms with Gasteiger partial charge in [0.1, 0.15) is 10.8 Å². The molecule has 3 aromatic rings. The van der Waals surface area contributed by atoms with E-state index in [0.717, 1.165) is 21.7 Å². The molecule has 0 N–H and O–H groups in total. The van der Waals surface area contributed by atoms with Crippen molar-refractivity contribution in [1.82, 2.24) is 4.98 Å². The molecule has 0 aliphatic carbocycles. The molecule has 0 amide bonds. The standard InChI is InChI=1S/C16H9ClF3NOS/c17-13-6-10(16(18,19)20)8-21-15(13)22-11-5-4-9-2-1-3-14(23)12(9)7-11/h1-8,23H. The number of benzene rings is 2. The summed E-state index contributed by atoms with van der Waals surface area (Å²) in [5.41, 5.74) is -0.925. The minimum absolute atomic E-state index is 0.0873. The number of nitrogens with zero attached hydrogens (tertiary/aromatic N) is 1. The van der Waals surface area contributed by atoms with Crippen LogP contribution in [-0.4, -0.2) is 4.98 Å². The van der Waals surface area contributed by atoms with Crippen LogP contribution in [0.5, 0.6) is 11.6 Å². The lowest BCUT2D eigenvalue weighted by Crippen LogP contribution is -2.05. The summed E-state index contributed by atoms with van der Waals surface area (Å²) in [6, 6.07) is 11.6. The normalized spacial score (nSPS) is 11.7. The van der Waals surface area contributed by atoms with Gasteiger partial charge in [0.25, 0.3) is 0 Å². The second kappa shape index (κ2) is 5.94. The van der Waals surface area contributed by atoms with Gasteiger partial charge in [-0.2, -0.15) is 13.2 Å². The summed E-state index contributed by atoms with van der Waals surface area (Å²) in [7, 11) is 0. The molecule has 118 valence electrons. The number of halogens is 4. The van der Waals surface area contributed by atoms with Gasteiger partial charge in [0, 0.05) is 11.1 Å². The maximum Gasteiger partial charge on any atom is 0.417 e. The average Bonchev–Trinajstić information content (AvgIpc) is 2.49. The van der Waals surface area contributed by atoms with Gasteiger partial charge in [0.05, 0.1) is 5.56 Å². The van der Waals surface area contributed by atoms with E-state index in [1.807, 2.05) is 24.3 Å². The van der Waals surface area contributed by atoms with Crippen molar-refractivity contribution in [2.75, 3.05) is 0 Å². The number of rotatable bonds is 2. The largest absolute Gasteiger partial charge is 0.438 e. The molecule has 0 spiro atoms. The van der Waals surface area contributed by atoms with Crippen LogP contribution in [0.25, 0.3) is 10.8 Å². The van der Waals surface area contributed by atoms with E-state index in [4.69, 9.17) is 16.3 Å². The highest BCUT2D eigenvalue weighted by Gasteiger charge is 2.31. The summed E-state index contributed by atoms with van der Waals surface area (Å²) in [4.78, 5) is 4.41. The Hall–Kier alpha value is -1.92. The number of hydrogen-bond donors (Lipinski definition) is 1. The van der Waals surface area contributed by atoms with E-state index in [9.17, 15) is 13.2 Å². The molecule has 2 nitrogen and oxygen atoms in total. The maximum atomic E-state index is 12.6. The molecule has 1 aromatic heterocycles. The number of fused-ring (bicyclic) bond motifs is 1. The molecule has 1 heterocycles. The number of hydrogen-bond acceptors (Lipinski definition) is 3. The van der Waals surface area contributed by atoms with Crippen molar-refractivity contribution in [2.45, 2.75) is 11.1 Å². The summed E-state index contributed by atoms with van der Waals surface area (Å²) >= 11 is 10.2. The van der Waals surface area contributed by atoms with Crippen LogP contribution in [0, 0.1) is 0 Å². The third-order valence-corrected chi connectivity index (χ3v) is 3.84. The predicted octanol–water partition coefficient (Wildman–Crippen LogP) is 5.99. The Morgan fingerprint density at radius 2 is 1.87 bits per heavy atom. The van der Waals surface area contributed by atoms with Gasteiger partial charge in [-0.05, 0) is 35.0 Å². The van der Waals surface area contributed by atoms with Crippen LogP contribution in [0.4, 0.5) is 13.2 Å². The van der Waals surface area contributed by atoms with Crippen LogP contribution < -0.4 is 4.74 Å². The monoisotopic (exact) mass is 355 g/mol. The number of alkyl halides is 3. The number of pyridine rings is 1. The minimum Gasteiger partial charge on any atom is -0.438 e. The first-order chi connectivity index (χ1) is 10.8. The van der Waals surface area contributed by atoms with Gasteiger partial charge in [-0.25, -0.2) is 4.98 Å². The predicted molar refractivity (Wildman–Crippen MR) is 85.5 cm³/mol. The molecule has 3 rings (SSSR count). The highest BCUT2D eigenvalue weighted by molar-refractivity contribution is 7.80. The van der Waals surface area contributed by atoms with Crippen molar-refractivity contribution < 1.29 is 17.9 Å². The number of ether oxygens (including phenoxy) is 1. The van der Waals surface area contributed by atoms with Crippen molar-refractivity contribution in [3.8, 4) is 11.6 Å². The quantitative estimate of drug-likeness (QED) is 0.570. The number of thiol groups is 1. The van der Waals surface area contributed by atoms with E-state index in [1.165, 1.54) is 0 Å². The van der Waals surface area contributed by atoms with Gasteiger partial charge in [-0.1, -0.05) is 29.8 Å². The fourth-order valence-corrected chi connectivity index (χ4v) is 2.55. The highest BCUT2D eigenvalue weighted by atomic mass is 35.5. The molecule has 0 aliphatic rings. The Balaban J connectivity index is 1.94. The van der Waals surface area contributed by atoms with Crippen LogP contribution in [0.3, 0.4) is 0 Å². The Morgan fingerprint density at radius 1 is 1.09 bits per heavy atom. The zero-order chi connectivity index (χ0) is 16.6. The lowest BCUT2D eigenvalue weighted by Gasteiger charge is -2.11. The topological polar surface area (TPSA) is 22.1 Å². The van der Waals surface area contributed by atoms with Crippen molar-refractivity contribution >= 4 is 35.0 Å². The summed E-state index contributed by atoms with van der Waals surface area (Å²) < 4.78 is 43.3. The van der Waals surface area contributed by atoms with Gasteiger partial charge in [-0.15, -0.1) is 12.6 Å². The fraction of sp³-hybridized carbons (Fsp3) is 0.0625. The molecule has 2 aromatic carbocycles. The molecule has 0 unspecified atom stereocenters. The molecular formula is C16H9ClF3NOS. The van der Waals surface area contributed by atoms with Crippen LogP contribution in [0.15, 0.2) is 53.6 Å². The summed E-state index contributed by atoms with van der Waals surface area (Å²) in [5, 5.41) is 1.62. The Kier molecular flexibility index (Phi) is 4.12. The van der Waals surface area contributed by atoms with Gasteiger partial charge >= 0.3 is 6.18 Å². The van der Waals surface area contributed by atoms with Crippen molar-refractivity contribution in [3.63, 3.8) is 0 Å². The summed E-state index contributed by atoms with van der Waals surface area (Å²) in [6.07, 6.45) is -3.81. The van der Waals surface area contributed by atoms with E-state index >= 15 is 0 Å². The first-order valence-corrected chi connectivity index (χ1v) is 7.29. The zero-order valence-electron chi connectivity index (χ0n) is 11.4. The van der Waals surface area contributed by atoms with Gasteiger partial charge in [0.2, 0.25) is 5.88 Å². The Bertz CT molecular complexity index is 883. The molecule has 0 atom stereocenters. The Labute approximate surface area is 140 Å². The van der Waals surface area contributed by atoms with Crippen molar-refractivity contribution in [2.24, 2.45) is 0 Å². The van der Waals surface area contributed by atoms with E-state index < -0.39 is 11.7 Å². The van der Waals surface area contributed by atoms with Crippen molar-refractivity contribution in [1.29, 1.82) is 0 Å². The van der Waals surface area contributed by atoms with Gasteiger partial charge < -0.3 is 4.74 Å². The average molecular weight is 356 g/mol. The number of aromatic nitrogens is 1. The molecule has 7 heteroatoms. The SMILES string of the molecule is FC(F)(F)c1cnc(Oc2ccc3cccc(S)c3c2)c(Cl)c1. The molecule has 0 radical (unpaired) electrons. The first kappa shape index (κ1) is 16.0. The Morgan fingerprint density at radius 3 is 2.57 bits per heavy atom. The highest BCUT2D eigenvalue weighted by Crippen LogP contribution is 2.35. The molecule has 0 bridgehead atoms. The zero-order valence-corrected chi connectivity index (χ0v) is 13.1. The van der Waals surface area contributed by atoms with E-state index in [2.05, 4.69) is 17.6 Å². The van der Waals surface area contributed by atoms with Crippen LogP contribution in [-0.2, 0) is 6.18 Å². The molecule has 0 saturated heterocycles. The lowest BCUT2D eigenvalue weighted by molar-refractivity contribution is -0.137. The van der Waals surface area contributed by atoms with Gasteiger partial charge in [0.15, 0.2) is 0 Å². The van der Waals surface area contributed by atoms with Gasteiger partial charge in [-0.3, -0.25) is 0 Å². The van der Waals surface area contributed by atoms with E-state index in [1.54, 1.807) is 12.1 Å². The van der Waals surface area contributed by atoms with Crippen LogP contribution in [0.1, 0.15) is 5.56 Å². The minimum atomic E-state index is -4.50. The lowest BCUT2D eigenvalue weighted by atomic mass is 10.1. The van der Waals surface area contributed by atoms with Crippen LogP contribution in [0.2, 0.25) is 5.02 Å². The smallest absolute Gasteiger partial charge is 0.417 e. The van der Waals surface area contributed by atoms with E-state index in [0.29, 0.717) is 11.9 Å². The second-order valence-corrected chi connectivity index (χ2v) is 5.66. The first-order valence-electron chi connectivity index (χ1n) is 6.47. The molecule has 23 heavy (non-hydrogen) atoms. The van der Waals surface area contributed by atoms with Crippen LogP contribution >= 0.6 is 24.2 Å². The second-order valence-electron chi connectivity index (χ2n) is 4.77. The molecular weight excluding hydrogens is 347 g/mol. The third kappa shape index (κ3) is 3.38. The van der Waals surface area contributed by atoms with E-state index in [-0.39, 0.29) is 10.9 Å². The summed E-state index contributed by atoms with van der Waals surface area (Å²) in [6.45, 7) is 0.